The second kappa shape index (κ2) is 9.75. The summed E-state index contributed by atoms with van der Waals surface area (Å²) in [5.41, 5.74) is 0.569. The van der Waals surface area contributed by atoms with Crippen LogP contribution in [0.1, 0.15) is 24.3 Å². The highest BCUT2D eigenvalue weighted by Crippen LogP contribution is 2.19. The zero-order valence-electron chi connectivity index (χ0n) is 13.7. The molecule has 0 aliphatic carbocycles. The van der Waals surface area contributed by atoms with Crippen LogP contribution in [0.4, 0.5) is 14.5 Å². The number of anilines is 1. The summed E-state index contributed by atoms with van der Waals surface area (Å²) in [6.45, 7) is 4.40. The molecule has 0 bridgehead atoms. The topological polar surface area (TPSA) is 46.1 Å². The van der Waals surface area contributed by atoms with E-state index in [1.807, 2.05) is 13.8 Å². The minimum atomic E-state index is -1.01. The van der Waals surface area contributed by atoms with Crippen molar-refractivity contribution in [3.05, 3.63) is 47.8 Å². The monoisotopic (exact) mass is 351 g/mol. The number of amides is 1. The van der Waals surface area contributed by atoms with E-state index in [1.54, 1.807) is 23.9 Å². The molecule has 1 aromatic carbocycles. The first-order chi connectivity index (χ1) is 11.5. The minimum Gasteiger partial charge on any atom is -0.345 e. The molecule has 2 aromatic rings. The number of rotatable bonds is 5. The Morgan fingerprint density at radius 2 is 2.00 bits per heavy atom. The zero-order chi connectivity index (χ0) is 18.1. The highest BCUT2D eigenvalue weighted by molar-refractivity contribution is 7.97. The maximum absolute atomic E-state index is 13.1. The summed E-state index contributed by atoms with van der Waals surface area (Å²) < 4.78 is 30.6. The molecule has 0 aliphatic rings. The lowest BCUT2D eigenvalue weighted by atomic mass is 10.3. The lowest BCUT2D eigenvalue weighted by molar-refractivity contribution is 0.101. The summed E-state index contributed by atoms with van der Waals surface area (Å²) in [4.78, 5) is 13.0. The molecule has 0 saturated carbocycles. The average Bonchev–Trinajstić information content (AvgIpc) is 2.94. The molecule has 4 nitrogen and oxygen atoms in total. The molecule has 1 amide bonds. The quantitative estimate of drug-likeness (QED) is 0.489. The van der Waals surface area contributed by atoms with E-state index in [9.17, 15) is 13.6 Å². The number of hydrogen-bond donors (Lipinski definition) is 2. The molecule has 0 aliphatic heterocycles. The van der Waals surface area contributed by atoms with Gasteiger partial charge in [0.15, 0.2) is 11.6 Å². The lowest BCUT2D eigenvalue weighted by Gasteiger charge is -2.06. The second-order valence-electron chi connectivity index (χ2n) is 4.38. The van der Waals surface area contributed by atoms with Gasteiger partial charge in [-0.25, -0.2) is 13.5 Å². The first-order valence-electron chi connectivity index (χ1n) is 7.27. The van der Waals surface area contributed by atoms with Crippen LogP contribution < -0.4 is 10.0 Å². The molecule has 24 heavy (non-hydrogen) atoms. The third kappa shape index (κ3) is 5.41. The van der Waals surface area contributed by atoms with Crippen molar-refractivity contribution >= 4 is 23.5 Å². The zero-order valence-corrected chi connectivity index (χ0v) is 14.5. The molecule has 0 unspecified atom stereocenters. The summed E-state index contributed by atoms with van der Waals surface area (Å²) in [7, 11) is 1.71. The Kier molecular flexibility index (Phi) is 8.02. The number of nitrogens with one attached hydrogen (secondary N) is 2. The number of nitrogens with zero attached hydrogens (tertiary/aromatic N) is 1. The Morgan fingerprint density at radius 1 is 1.29 bits per heavy atom. The summed E-state index contributed by atoms with van der Waals surface area (Å²) in [6, 6.07) is 4.86. The second-order valence-corrected chi connectivity index (χ2v) is 5.35. The Bertz CT molecular complexity index is 738. The predicted octanol–water partition coefficient (Wildman–Crippen LogP) is 3.81. The smallest absolute Gasteiger partial charge is 0.272 e. The number of hydrogen-bond acceptors (Lipinski definition) is 3. The molecule has 2 rings (SSSR count). The maximum atomic E-state index is 13.1. The first kappa shape index (κ1) is 19.7. The van der Waals surface area contributed by atoms with Crippen LogP contribution in [0.5, 0.6) is 0 Å². The van der Waals surface area contributed by atoms with E-state index in [0.717, 1.165) is 17.0 Å². The molecule has 0 fully saturated rings. The summed E-state index contributed by atoms with van der Waals surface area (Å²) in [6.07, 6.45) is 6.89. The summed E-state index contributed by atoms with van der Waals surface area (Å²) in [5, 5.41) is 2.52. The van der Waals surface area contributed by atoms with Gasteiger partial charge in [0.25, 0.3) is 5.91 Å². The van der Waals surface area contributed by atoms with Crippen LogP contribution in [0.25, 0.3) is 0 Å². The van der Waals surface area contributed by atoms with E-state index >= 15 is 0 Å². The van der Waals surface area contributed by atoms with E-state index in [2.05, 4.69) is 16.0 Å². The van der Waals surface area contributed by atoms with Gasteiger partial charge in [-0.2, -0.15) is 0 Å². The number of benzene rings is 1. The largest absolute Gasteiger partial charge is 0.345 e. The van der Waals surface area contributed by atoms with Crippen molar-refractivity contribution in [2.24, 2.45) is 7.05 Å². The van der Waals surface area contributed by atoms with Crippen LogP contribution in [-0.2, 0) is 7.05 Å². The van der Waals surface area contributed by atoms with Gasteiger partial charge in [0.1, 0.15) is 5.69 Å². The number of carbonyl (C=O) groups excluding carboxylic acids is 1. The van der Waals surface area contributed by atoms with Crippen molar-refractivity contribution in [1.29, 1.82) is 0 Å². The van der Waals surface area contributed by atoms with Crippen molar-refractivity contribution < 1.29 is 13.6 Å². The molecule has 1 heterocycles. The molecular formula is C17H19F2N3OS. The summed E-state index contributed by atoms with van der Waals surface area (Å²) in [5.74, 6) is 0.0440. The SMILES string of the molecule is C#CCNSc1cc(C(=O)Nc2ccc(F)c(F)c2)n(C)c1.CC. The Morgan fingerprint density at radius 3 is 2.62 bits per heavy atom. The highest BCUT2D eigenvalue weighted by Gasteiger charge is 2.13. The van der Waals surface area contributed by atoms with Gasteiger partial charge < -0.3 is 9.88 Å². The van der Waals surface area contributed by atoms with Crippen molar-refractivity contribution in [3.8, 4) is 12.3 Å². The third-order valence-corrected chi connectivity index (χ3v) is 3.50. The summed E-state index contributed by atoms with van der Waals surface area (Å²) >= 11 is 1.31. The molecule has 7 heteroatoms. The van der Waals surface area contributed by atoms with Crippen LogP contribution in [0.2, 0.25) is 0 Å². The Hall–Kier alpha value is -2.30. The molecule has 0 saturated heterocycles. The van der Waals surface area contributed by atoms with E-state index < -0.39 is 17.5 Å². The molecule has 128 valence electrons. The maximum Gasteiger partial charge on any atom is 0.272 e. The Labute approximate surface area is 144 Å². The van der Waals surface area contributed by atoms with Crippen molar-refractivity contribution in [3.63, 3.8) is 0 Å². The minimum absolute atomic E-state index is 0.185. The lowest BCUT2D eigenvalue weighted by Crippen LogP contribution is -2.15. The van der Waals surface area contributed by atoms with E-state index in [0.29, 0.717) is 12.2 Å². The molecule has 0 radical (unpaired) electrons. The van der Waals surface area contributed by atoms with Gasteiger partial charge in [-0.1, -0.05) is 19.8 Å². The standard InChI is InChI=1S/C15H13F2N3OS.C2H6/c1-3-6-18-22-11-8-14(20(2)9-11)15(21)19-10-4-5-12(16)13(17)7-10;1-2/h1,4-5,7-9,18H,6H2,2H3,(H,19,21);1-2H3. The fourth-order valence-corrected chi connectivity index (χ4v) is 2.45. The van der Waals surface area contributed by atoms with Crippen LogP contribution in [0.3, 0.4) is 0 Å². The van der Waals surface area contributed by atoms with Crippen molar-refractivity contribution in [2.75, 3.05) is 11.9 Å². The van der Waals surface area contributed by atoms with Gasteiger partial charge in [-0.15, -0.1) is 6.42 Å². The molecule has 0 spiro atoms. The number of aryl methyl sites for hydroxylation is 1. The number of terminal acetylenes is 1. The van der Waals surface area contributed by atoms with Gasteiger partial charge in [0.2, 0.25) is 0 Å². The molecule has 2 N–H and O–H groups in total. The fraction of sp³-hybridized carbons (Fsp3) is 0.235. The number of aromatic nitrogens is 1. The van der Waals surface area contributed by atoms with Crippen LogP contribution in [-0.4, -0.2) is 17.0 Å². The van der Waals surface area contributed by atoms with Gasteiger partial charge in [0.05, 0.1) is 6.54 Å². The average molecular weight is 351 g/mol. The molecular weight excluding hydrogens is 332 g/mol. The van der Waals surface area contributed by atoms with E-state index in [-0.39, 0.29) is 5.69 Å². The van der Waals surface area contributed by atoms with Gasteiger partial charge >= 0.3 is 0 Å². The Balaban J connectivity index is 0.00000139. The van der Waals surface area contributed by atoms with E-state index in [4.69, 9.17) is 6.42 Å². The number of carbonyl (C=O) groups is 1. The van der Waals surface area contributed by atoms with E-state index in [1.165, 1.54) is 18.0 Å². The van der Waals surface area contributed by atoms with Crippen LogP contribution in [0.15, 0.2) is 35.4 Å². The van der Waals surface area contributed by atoms with Crippen LogP contribution >= 0.6 is 11.9 Å². The van der Waals surface area contributed by atoms with Gasteiger partial charge in [-0.05, 0) is 30.1 Å². The van der Waals surface area contributed by atoms with Crippen molar-refractivity contribution in [1.82, 2.24) is 9.29 Å². The van der Waals surface area contributed by atoms with Gasteiger partial charge in [0, 0.05) is 29.9 Å². The molecule has 0 atom stereocenters. The number of halogens is 2. The molecule has 1 aromatic heterocycles. The van der Waals surface area contributed by atoms with Crippen molar-refractivity contribution in [2.45, 2.75) is 18.7 Å². The van der Waals surface area contributed by atoms with Gasteiger partial charge in [-0.3, -0.25) is 4.79 Å². The fourth-order valence-electron chi connectivity index (χ4n) is 1.75. The van der Waals surface area contributed by atoms with Crippen LogP contribution in [0, 0.1) is 24.0 Å². The highest BCUT2D eigenvalue weighted by atomic mass is 32.2. The predicted molar refractivity (Wildman–Crippen MR) is 93.8 cm³/mol. The normalized spacial score (nSPS) is 9.67. The third-order valence-electron chi connectivity index (χ3n) is 2.75. The first-order valence-corrected chi connectivity index (χ1v) is 8.09.